The van der Waals surface area contributed by atoms with Crippen LogP contribution < -0.4 is 5.32 Å². The molecule has 0 aliphatic heterocycles. The van der Waals surface area contributed by atoms with Crippen LogP contribution in [0, 0.1) is 21.7 Å². The van der Waals surface area contributed by atoms with E-state index in [1.165, 1.54) is 6.07 Å². The third kappa shape index (κ3) is 4.80. The van der Waals surface area contributed by atoms with E-state index in [9.17, 15) is 36.9 Å². The second-order valence-corrected chi connectivity index (χ2v) is 6.69. The Hall–Kier alpha value is -3.53. The number of nitrogens with zero attached hydrogens (tertiary/aromatic N) is 1. The lowest BCUT2D eigenvalue weighted by atomic mass is 10.00. The smallest absolute Gasteiger partial charge is 0.321 e. The first kappa shape index (κ1) is 22.2. The van der Waals surface area contributed by atoms with E-state index in [-0.39, 0.29) is 16.1 Å². The topological polar surface area (TPSA) is 72.2 Å². The third-order valence-corrected chi connectivity index (χ3v) is 4.45. The van der Waals surface area contributed by atoms with Gasteiger partial charge in [0.2, 0.25) is 0 Å². The highest BCUT2D eigenvalue weighted by molar-refractivity contribution is 6.31. The second kappa shape index (κ2) is 8.31. The van der Waals surface area contributed by atoms with Gasteiger partial charge in [0.1, 0.15) is 17.2 Å². The molecular formula is C20H10ClF5N2O3. The van der Waals surface area contributed by atoms with Gasteiger partial charge in [-0.3, -0.25) is 14.9 Å². The zero-order valence-corrected chi connectivity index (χ0v) is 15.9. The molecule has 0 radical (unpaired) electrons. The summed E-state index contributed by atoms with van der Waals surface area (Å²) in [5.74, 6) is -3.10. The van der Waals surface area contributed by atoms with Gasteiger partial charge in [-0.05, 0) is 36.4 Å². The molecule has 0 bridgehead atoms. The molecule has 1 N–H and O–H groups in total. The lowest BCUT2D eigenvalue weighted by Crippen LogP contribution is -2.16. The van der Waals surface area contributed by atoms with Crippen LogP contribution in [-0.2, 0) is 6.18 Å². The Labute approximate surface area is 176 Å². The zero-order chi connectivity index (χ0) is 22.9. The summed E-state index contributed by atoms with van der Waals surface area (Å²) in [6.45, 7) is 0. The number of hydrogen-bond acceptors (Lipinski definition) is 3. The van der Waals surface area contributed by atoms with Gasteiger partial charge >= 0.3 is 6.18 Å². The van der Waals surface area contributed by atoms with Gasteiger partial charge in [0.25, 0.3) is 11.6 Å². The van der Waals surface area contributed by atoms with Gasteiger partial charge in [0.05, 0.1) is 10.5 Å². The third-order valence-electron chi connectivity index (χ3n) is 4.22. The number of alkyl halides is 3. The molecule has 0 atom stereocenters. The van der Waals surface area contributed by atoms with Crippen LogP contribution in [0.5, 0.6) is 0 Å². The first-order chi connectivity index (χ1) is 14.5. The molecule has 0 spiro atoms. The molecule has 5 nitrogen and oxygen atoms in total. The Morgan fingerprint density at radius 3 is 2.26 bits per heavy atom. The van der Waals surface area contributed by atoms with Gasteiger partial charge in [-0.2, -0.15) is 13.2 Å². The Kier molecular flexibility index (Phi) is 5.94. The van der Waals surface area contributed by atoms with Crippen molar-refractivity contribution in [3.63, 3.8) is 0 Å². The minimum absolute atomic E-state index is 0.0311. The van der Waals surface area contributed by atoms with Crippen molar-refractivity contribution in [1.82, 2.24) is 0 Å². The number of halogens is 6. The van der Waals surface area contributed by atoms with Crippen molar-refractivity contribution >= 4 is 28.9 Å². The summed E-state index contributed by atoms with van der Waals surface area (Å²) in [5, 5.41) is 13.3. The Balaban J connectivity index is 2.13. The van der Waals surface area contributed by atoms with Crippen LogP contribution in [0.25, 0.3) is 11.1 Å². The van der Waals surface area contributed by atoms with Gasteiger partial charge in [-0.15, -0.1) is 0 Å². The minimum atomic E-state index is -4.79. The molecule has 0 heterocycles. The fourth-order valence-corrected chi connectivity index (χ4v) is 2.97. The van der Waals surface area contributed by atoms with E-state index in [1.807, 2.05) is 0 Å². The van der Waals surface area contributed by atoms with E-state index in [2.05, 4.69) is 5.32 Å². The van der Waals surface area contributed by atoms with Gasteiger partial charge in [0.15, 0.2) is 0 Å². The molecule has 0 saturated carbocycles. The Bertz CT molecular complexity index is 1200. The summed E-state index contributed by atoms with van der Waals surface area (Å²) >= 11 is 5.70. The van der Waals surface area contributed by atoms with Crippen LogP contribution in [0.4, 0.5) is 33.3 Å². The van der Waals surface area contributed by atoms with E-state index >= 15 is 0 Å². The number of nitrogens with one attached hydrogen (secondary N) is 1. The first-order valence-electron chi connectivity index (χ1n) is 8.39. The molecule has 0 aliphatic carbocycles. The number of anilines is 1. The van der Waals surface area contributed by atoms with Crippen LogP contribution in [0.3, 0.4) is 0 Å². The molecule has 0 unspecified atom stereocenters. The van der Waals surface area contributed by atoms with Gasteiger partial charge in [-0.1, -0.05) is 17.7 Å². The highest BCUT2D eigenvalue weighted by atomic mass is 35.5. The van der Waals surface area contributed by atoms with Crippen molar-refractivity contribution < 1.29 is 31.7 Å². The average molecular weight is 457 g/mol. The number of hydrogen-bond donors (Lipinski definition) is 1. The largest absolute Gasteiger partial charge is 0.416 e. The van der Waals surface area contributed by atoms with E-state index in [0.29, 0.717) is 18.2 Å². The number of nitro groups is 1. The first-order valence-corrected chi connectivity index (χ1v) is 8.77. The Morgan fingerprint density at radius 2 is 1.65 bits per heavy atom. The average Bonchev–Trinajstić information content (AvgIpc) is 2.67. The molecule has 31 heavy (non-hydrogen) atoms. The summed E-state index contributed by atoms with van der Waals surface area (Å²) in [7, 11) is 0. The van der Waals surface area contributed by atoms with Crippen LogP contribution in [0.2, 0.25) is 5.02 Å². The maximum Gasteiger partial charge on any atom is 0.416 e. The zero-order valence-electron chi connectivity index (χ0n) is 15.1. The van der Waals surface area contributed by atoms with Gasteiger partial charge in [0, 0.05) is 34.0 Å². The van der Waals surface area contributed by atoms with Crippen LogP contribution in [-0.4, -0.2) is 10.8 Å². The maximum atomic E-state index is 14.2. The number of nitro benzene ring substituents is 1. The molecule has 3 rings (SSSR count). The van der Waals surface area contributed by atoms with Crippen LogP contribution in [0.15, 0.2) is 54.6 Å². The summed E-state index contributed by atoms with van der Waals surface area (Å²) in [6, 6.07) is 7.67. The quantitative estimate of drug-likeness (QED) is 0.278. The standard InChI is InChI=1S/C20H10ClF5N2O3/c21-11-2-5-15(18(8-11)28(30)31)19(29)27-17-7-10(20(24,25)26)1-4-14(17)13-6-3-12(22)9-16(13)23/h1-9H,(H,27,29). The fourth-order valence-electron chi connectivity index (χ4n) is 2.80. The normalized spacial score (nSPS) is 11.3. The molecule has 0 fully saturated rings. The summed E-state index contributed by atoms with van der Waals surface area (Å²) < 4.78 is 67.0. The maximum absolute atomic E-state index is 14.2. The summed E-state index contributed by atoms with van der Waals surface area (Å²) in [5.41, 5.74) is -3.25. The monoisotopic (exact) mass is 456 g/mol. The molecule has 1 amide bonds. The number of carbonyl (C=O) groups excluding carboxylic acids is 1. The molecule has 11 heteroatoms. The van der Waals surface area contributed by atoms with E-state index in [0.717, 1.165) is 30.3 Å². The lowest BCUT2D eigenvalue weighted by Gasteiger charge is -2.15. The van der Waals surface area contributed by atoms with E-state index in [4.69, 9.17) is 11.6 Å². The van der Waals surface area contributed by atoms with Crippen molar-refractivity contribution in [2.75, 3.05) is 5.32 Å². The number of carbonyl (C=O) groups is 1. The number of benzene rings is 3. The summed E-state index contributed by atoms with van der Waals surface area (Å²) in [6.07, 6.45) is -4.79. The molecule has 0 aromatic heterocycles. The van der Waals surface area contributed by atoms with Crippen molar-refractivity contribution in [3.05, 3.63) is 92.5 Å². The van der Waals surface area contributed by atoms with Crippen LogP contribution in [0.1, 0.15) is 15.9 Å². The van der Waals surface area contributed by atoms with Crippen molar-refractivity contribution in [3.8, 4) is 11.1 Å². The fraction of sp³-hybridized carbons (Fsp3) is 0.0500. The summed E-state index contributed by atoms with van der Waals surface area (Å²) in [4.78, 5) is 23.0. The minimum Gasteiger partial charge on any atom is -0.321 e. The molecule has 3 aromatic carbocycles. The number of rotatable bonds is 4. The highest BCUT2D eigenvalue weighted by Crippen LogP contribution is 2.37. The lowest BCUT2D eigenvalue weighted by molar-refractivity contribution is -0.385. The molecule has 0 saturated heterocycles. The molecule has 160 valence electrons. The highest BCUT2D eigenvalue weighted by Gasteiger charge is 2.32. The van der Waals surface area contributed by atoms with Crippen LogP contribution >= 0.6 is 11.6 Å². The van der Waals surface area contributed by atoms with Gasteiger partial charge in [-0.25, -0.2) is 8.78 Å². The predicted octanol–water partition coefficient (Wildman–Crippen LogP) is 6.46. The SMILES string of the molecule is O=C(Nc1cc(C(F)(F)F)ccc1-c1ccc(F)cc1F)c1ccc(Cl)cc1[N+](=O)[O-]. The predicted molar refractivity (Wildman–Crippen MR) is 103 cm³/mol. The van der Waals surface area contributed by atoms with E-state index < -0.39 is 51.1 Å². The molecule has 3 aromatic rings. The number of amides is 1. The molecular weight excluding hydrogens is 447 g/mol. The van der Waals surface area contributed by atoms with Crippen molar-refractivity contribution in [2.24, 2.45) is 0 Å². The Morgan fingerprint density at radius 1 is 0.968 bits per heavy atom. The van der Waals surface area contributed by atoms with Crippen molar-refractivity contribution in [2.45, 2.75) is 6.18 Å². The van der Waals surface area contributed by atoms with Gasteiger partial charge < -0.3 is 5.32 Å². The van der Waals surface area contributed by atoms with Crippen molar-refractivity contribution in [1.29, 1.82) is 0 Å². The van der Waals surface area contributed by atoms with E-state index in [1.54, 1.807) is 0 Å². The second-order valence-electron chi connectivity index (χ2n) is 6.25. The molecule has 0 aliphatic rings.